The third-order valence-corrected chi connectivity index (χ3v) is 3.28. The van der Waals surface area contributed by atoms with Gasteiger partial charge in [0.2, 0.25) is 5.91 Å². The van der Waals surface area contributed by atoms with Gasteiger partial charge >= 0.3 is 0 Å². The third kappa shape index (κ3) is 2.70. The topological polar surface area (TPSA) is 78.5 Å². The van der Waals surface area contributed by atoms with E-state index in [1.807, 2.05) is 6.92 Å². The second kappa shape index (κ2) is 5.83. The zero-order valence-electron chi connectivity index (χ0n) is 11.5. The van der Waals surface area contributed by atoms with E-state index in [2.05, 4.69) is 10.6 Å². The van der Waals surface area contributed by atoms with E-state index in [4.69, 9.17) is 0 Å². The highest BCUT2D eigenvalue weighted by atomic mass is 16.2. The summed E-state index contributed by atoms with van der Waals surface area (Å²) in [4.78, 5) is 36.9. The SMILES string of the molecule is CNC(C)CNC(=O)CN1C(=O)c2ccccc2C1=O. The molecule has 1 aromatic carbocycles. The average Bonchev–Trinajstić information content (AvgIpc) is 2.70. The standard InChI is InChI=1S/C14H17N3O3/c1-9(15-2)7-16-12(18)8-17-13(19)10-5-3-4-6-11(10)14(17)20/h3-6,9,15H,7-8H2,1-2H3,(H,16,18). The van der Waals surface area contributed by atoms with Gasteiger partial charge in [-0.25, -0.2) is 0 Å². The van der Waals surface area contributed by atoms with Crippen molar-refractivity contribution < 1.29 is 14.4 Å². The van der Waals surface area contributed by atoms with Gasteiger partial charge in [0.1, 0.15) is 6.54 Å². The summed E-state index contributed by atoms with van der Waals surface area (Å²) in [6.07, 6.45) is 0. The van der Waals surface area contributed by atoms with Crippen molar-refractivity contribution in [2.75, 3.05) is 20.1 Å². The van der Waals surface area contributed by atoms with Gasteiger partial charge < -0.3 is 10.6 Å². The van der Waals surface area contributed by atoms with Crippen molar-refractivity contribution in [3.63, 3.8) is 0 Å². The highest BCUT2D eigenvalue weighted by Gasteiger charge is 2.36. The minimum atomic E-state index is -0.414. The van der Waals surface area contributed by atoms with Crippen LogP contribution in [-0.4, -0.2) is 48.8 Å². The van der Waals surface area contributed by atoms with Crippen molar-refractivity contribution in [3.8, 4) is 0 Å². The number of nitrogens with zero attached hydrogens (tertiary/aromatic N) is 1. The van der Waals surface area contributed by atoms with Crippen LogP contribution in [0.2, 0.25) is 0 Å². The van der Waals surface area contributed by atoms with Crippen molar-refractivity contribution in [1.82, 2.24) is 15.5 Å². The minimum Gasteiger partial charge on any atom is -0.353 e. The largest absolute Gasteiger partial charge is 0.353 e. The number of benzene rings is 1. The molecule has 0 radical (unpaired) electrons. The second-order valence-corrected chi connectivity index (χ2v) is 4.74. The first-order chi connectivity index (χ1) is 9.54. The normalized spacial score (nSPS) is 15.2. The Balaban J connectivity index is 2.00. The molecule has 20 heavy (non-hydrogen) atoms. The van der Waals surface area contributed by atoms with Crippen molar-refractivity contribution in [2.45, 2.75) is 13.0 Å². The molecule has 106 valence electrons. The second-order valence-electron chi connectivity index (χ2n) is 4.74. The van der Waals surface area contributed by atoms with E-state index in [9.17, 15) is 14.4 Å². The third-order valence-electron chi connectivity index (χ3n) is 3.28. The first-order valence-corrected chi connectivity index (χ1v) is 6.43. The molecule has 2 N–H and O–H groups in total. The molecule has 1 aromatic rings. The van der Waals surface area contributed by atoms with Gasteiger partial charge in [-0.3, -0.25) is 19.3 Å². The molecule has 3 amide bonds. The number of likely N-dealkylation sites (N-methyl/N-ethyl adjacent to an activating group) is 1. The van der Waals surface area contributed by atoms with E-state index in [0.29, 0.717) is 17.7 Å². The molecule has 6 heteroatoms. The lowest BCUT2D eigenvalue weighted by molar-refractivity contribution is -0.121. The van der Waals surface area contributed by atoms with Crippen LogP contribution in [0.3, 0.4) is 0 Å². The molecule has 0 saturated carbocycles. The highest BCUT2D eigenvalue weighted by Crippen LogP contribution is 2.21. The Morgan fingerprint density at radius 1 is 1.20 bits per heavy atom. The van der Waals surface area contributed by atoms with Gasteiger partial charge in [0.15, 0.2) is 0 Å². The molecule has 0 aromatic heterocycles. The zero-order chi connectivity index (χ0) is 14.7. The van der Waals surface area contributed by atoms with Gasteiger partial charge in [0, 0.05) is 12.6 Å². The molecule has 0 bridgehead atoms. The average molecular weight is 275 g/mol. The number of carbonyl (C=O) groups is 3. The summed E-state index contributed by atoms with van der Waals surface area (Å²) in [5, 5.41) is 5.66. The molecular formula is C14H17N3O3. The summed E-state index contributed by atoms with van der Waals surface area (Å²) in [6.45, 7) is 2.11. The Morgan fingerprint density at radius 3 is 2.25 bits per heavy atom. The lowest BCUT2D eigenvalue weighted by Crippen LogP contribution is -2.44. The maximum Gasteiger partial charge on any atom is 0.262 e. The summed E-state index contributed by atoms with van der Waals surface area (Å²) >= 11 is 0. The van der Waals surface area contributed by atoms with E-state index in [1.165, 1.54) is 0 Å². The van der Waals surface area contributed by atoms with Gasteiger partial charge in [0.25, 0.3) is 11.8 Å². The number of hydrogen-bond donors (Lipinski definition) is 2. The quantitative estimate of drug-likeness (QED) is 0.742. The number of hydrogen-bond acceptors (Lipinski definition) is 4. The van der Waals surface area contributed by atoms with Crippen LogP contribution >= 0.6 is 0 Å². The maximum absolute atomic E-state index is 12.0. The van der Waals surface area contributed by atoms with Crippen molar-refractivity contribution >= 4 is 17.7 Å². The van der Waals surface area contributed by atoms with Crippen LogP contribution in [0.4, 0.5) is 0 Å². The predicted molar refractivity (Wildman–Crippen MR) is 73.3 cm³/mol. The zero-order valence-corrected chi connectivity index (χ0v) is 11.5. The van der Waals surface area contributed by atoms with E-state index in [0.717, 1.165) is 4.90 Å². The fraction of sp³-hybridized carbons (Fsp3) is 0.357. The highest BCUT2D eigenvalue weighted by molar-refractivity contribution is 6.22. The van der Waals surface area contributed by atoms with Crippen LogP contribution in [0.25, 0.3) is 0 Å². The number of amides is 3. The Morgan fingerprint density at radius 2 is 1.75 bits per heavy atom. The Hall–Kier alpha value is -2.21. The fourth-order valence-corrected chi connectivity index (χ4v) is 1.95. The lowest BCUT2D eigenvalue weighted by Gasteiger charge is -2.15. The van der Waals surface area contributed by atoms with Crippen LogP contribution in [0, 0.1) is 0 Å². The van der Waals surface area contributed by atoms with E-state index < -0.39 is 11.8 Å². The van der Waals surface area contributed by atoms with E-state index in [1.54, 1.807) is 31.3 Å². The number of carbonyl (C=O) groups excluding carboxylic acids is 3. The molecule has 1 heterocycles. The Labute approximate surface area is 117 Å². The molecule has 0 fully saturated rings. The lowest BCUT2D eigenvalue weighted by atomic mass is 10.1. The summed E-state index contributed by atoms with van der Waals surface area (Å²) in [7, 11) is 1.79. The van der Waals surface area contributed by atoms with E-state index >= 15 is 0 Å². The summed E-state index contributed by atoms with van der Waals surface area (Å²) < 4.78 is 0. The van der Waals surface area contributed by atoms with Crippen LogP contribution < -0.4 is 10.6 Å². The summed E-state index contributed by atoms with van der Waals surface area (Å²) in [5.74, 6) is -1.17. The van der Waals surface area contributed by atoms with E-state index in [-0.39, 0.29) is 18.5 Å². The number of nitrogens with one attached hydrogen (secondary N) is 2. The molecule has 1 unspecified atom stereocenters. The first kappa shape index (κ1) is 14.2. The molecular weight excluding hydrogens is 258 g/mol. The Kier molecular flexibility index (Phi) is 4.14. The predicted octanol–water partition coefficient (Wildman–Crippen LogP) is 0.00670. The molecule has 6 nitrogen and oxygen atoms in total. The minimum absolute atomic E-state index is 0.126. The van der Waals surface area contributed by atoms with Crippen LogP contribution in [0.5, 0.6) is 0 Å². The molecule has 1 atom stereocenters. The fourth-order valence-electron chi connectivity index (χ4n) is 1.95. The van der Waals surface area contributed by atoms with Gasteiger partial charge in [-0.05, 0) is 26.1 Å². The molecule has 2 rings (SSSR count). The molecule has 0 saturated heterocycles. The first-order valence-electron chi connectivity index (χ1n) is 6.43. The smallest absolute Gasteiger partial charge is 0.262 e. The van der Waals surface area contributed by atoms with Gasteiger partial charge in [0.05, 0.1) is 11.1 Å². The van der Waals surface area contributed by atoms with Crippen LogP contribution in [-0.2, 0) is 4.79 Å². The molecule has 1 aliphatic rings. The maximum atomic E-state index is 12.0. The Bertz CT molecular complexity index is 521. The van der Waals surface area contributed by atoms with Crippen molar-refractivity contribution in [2.24, 2.45) is 0 Å². The van der Waals surface area contributed by atoms with Crippen molar-refractivity contribution in [1.29, 1.82) is 0 Å². The van der Waals surface area contributed by atoms with Gasteiger partial charge in [-0.1, -0.05) is 12.1 Å². The van der Waals surface area contributed by atoms with Gasteiger partial charge in [-0.2, -0.15) is 0 Å². The van der Waals surface area contributed by atoms with Gasteiger partial charge in [-0.15, -0.1) is 0 Å². The number of rotatable bonds is 5. The molecule has 0 spiro atoms. The van der Waals surface area contributed by atoms with Crippen LogP contribution in [0.15, 0.2) is 24.3 Å². The molecule has 0 aliphatic carbocycles. The number of imide groups is 1. The molecule has 1 aliphatic heterocycles. The van der Waals surface area contributed by atoms with Crippen molar-refractivity contribution in [3.05, 3.63) is 35.4 Å². The monoisotopic (exact) mass is 275 g/mol. The summed E-state index contributed by atoms with van der Waals surface area (Å²) in [6, 6.07) is 6.71. The summed E-state index contributed by atoms with van der Waals surface area (Å²) in [5.41, 5.74) is 0.711. The van der Waals surface area contributed by atoms with Crippen LogP contribution in [0.1, 0.15) is 27.6 Å². The number of fused-ring (bicyclic) bond motifs is 1.